The number of esters is 1. The second kappa shape index (κ2) is 3.23. The lowest BCUT2D eigenvalue weighted by molar-refractivity contribution is -0.196. The van der Waals surface area contributed by atoms with Gasteiger partial charge in [-0.25, -0.2) is 0 Å². The SMILES string of the molecule is CC(C)(C)OC(=O)C12CCC(C1)OC21CNC1. The molecule has 4 nitrogen and oxygen atoms in total. The monoisotopic (exact) mass is 239 g/mol. The van der Waals surface area contributed by atoms with Crippen LogP contribution in [0, 0.1) is 5.41 Å². The van der Waals surface area contributed by atoms with E-state index in [1.54, 1.807) is 0 Å². The molecule has 2 heterocycles. The largest absolute Gasteiger partial charge is 0.459 e. The molecule has 0 amide bonds. The maximum Gasteiger partial charge on any atom is 0.315 e. The van der Waals surface area contributed by atoms with Gasteiger partial charge in [0, 0.05) is 13.1 Å². The molecular formula is C13H21NO3. The van der Waals surface area contributed by atoms with Gasteiger partial charge in [0.2, 0.25) is 0 Å². The predicted molar refractivity (Wildman–Crippen MR) is 62.6 cm³/mol. The summed E-state index contributed by atoms with van der Waals surface area (Å²) in [6.07, 6.45) is 3.04. The van der Waals surface area contributed by atoms with Crippen molar-refractivity contribution in [2.75, 3.05) is 13.1 Å². The maximum absolute atomic E-state index is 12.5. The second-order valence-corrected chi connectivity index (χ2v) is 6.66. The Kier molecular flexibility index (Phi) is 2.18. The van der Waals surface area contributed by atoms with Crippen molar-refractivity contribution < 1.29 is 14.3 Å². The van der Waals surface area contributed by atoms with Crippen LogP contribution in [-0.2, 0) is 14.3 Å². The zero-order valence-corrected chi connectivity index (χ0v) is 10.8. The van der Waals surface area contributed by atoms with Crippen LogP contribution < -0.4 is 5.32 Å². The third-order valence-corrected chi connectivity index (χ3v) is 4.34. The third kappa shape index (κ3) is 1.47. The van der Waals surface area contributed by atoms with Crippen LogP contribution >= 0.6 is 0 Å². The molecule has 2 unspecified atom stereocenters. The summed E-state index contributed by atoms with van der Waals surface area (Å²) in [5, 5.41) is 3.24. The van der Waals surface area contributed by atoms with Gasteiger partial charge in [-0.05, 0) is 40.0 Å². The molecule has 2 saturated heterocycles. The Balaban J connectivity index is 1.86. The summed E-state index contributed by atoms with van der Waals surface area (Å²) in [6, 6.07) is 0. The fourth-order valence-corrected chi connectivity index (χ4v) is 3.47. The molecule has 2 bridgehead atoms. The van der Waals surface area contributed by atoms with Crippen LogP contribution in [0.4, 0.5) is 0 Å². The molecule has 17 heavy (non-hydrogen) atoms. The Morgan fingerprint density at radius 2 is 2.12 bits per heavy atom. The van der Waals surface area contributed by atoms with Crippen LogP contribution in [0.5, 0.6) is 0 Å². The molecule has 1 saturated carbocycles. The van der Waals surface area contributed by atoms with Crippen molar-refractivity contribution in [2.24, 2.45) is 5.41 Å². The highest BCUT2D eigenvalue weighted by molar-refractivity contribution is 5.80. The lowest BCUT2D eigenvalue weighted by Gasteiger charge is -2.51. The van der Waals surface area contributed by atoms with Crippen molar-refractivity contribution in [3.63, 3.8) is 0 Å². The molecule has 1 aliphatic carbocycles. The van der Waals surface area contributed by atoms with Crippen LogP contribution in [0.3, 0.4) is 0 Å². The summed E-state index contributed by atoms with van der Waals surface area (Å²) in [6.45, 7) is 7.37. The lowest BCUT2D eigenvalue weighted by atomic mass is 9.68. The number of hydrogen-bond acceptors (Lipinski definition) is 4. The first-order chi connectivity index (χ1) is 7.87. The maximum atomic E-state index is 12.5. The number of nitrogens with one attached hydrogen (secondary N) is 1. The number of rotatable bonds is 1. The van der Waals surface area contributed by atoms with Gasteiger partial charge in [-0.2, -0.15) is 0 Å². The molecule has 1 spiro atoms. The summed E-state index contributed by atoms with van der Waals surface area (Å²) in [7, 11) is 0. The zero-order chi connectivity index (χ0) is 12.3. The first-order valence-corrected chi connectivity index (χ1v) is 6.49. The predicted octanol–water partition coefficient (Wildman–Crippen LogP) is 1.24. The number of ether oxygens (including phenoxy) is 2. The number of carbonyl (C=O) groups is 1. The van der Waals surface area contributed by atoms with Gasteiger partial charge in [0.05, 0.1) is 6.10 Å². The highest BCUT2D eigenvalue weighted by Gasteiger charge is 2.70. The summed E-state index contributed by atoms with van der Waals surface area (Å²) in [4.78, 5) is 12.5. The van der Waals surface area contributed by atoms with Crippen LogP contribution in [0.25, 0.3) is 0 Å². The minimum absolute atomic E-state index is 0.0495. The van der Waals surface area contributed by atoms with Crippen molar-refractivity contribution in [1.82, 2.24) is 5.32 Å². The number of fused-ring (bicyclic) bond motifs is 3. The van der Waals surface area contributed by atoms with Gasteiger partial charge in [-0.15, -0.1) is 0 Å². The molecular weight excluding hydrogens is 218 g/mol. The van der Waals surface area contributed by atoms with Gasteiger partial charge >= 0.3 is 5.97 Å². The average molecular weight is 239 g/mol. The van der Waals surface area contributed by atoms with E-state index in [0.29, 0.717) is 0 Å². The van der Waals surface area contributed by atoms with E-state index in [0.717, 1.165) is 32.4 Å². The molecule has 2 aliphatic heterocycles. The molecule has 3 aliphatic rings. The average Bonchev–Trinajstić information content (AvgIpc) is 2.68. The lowest BCUT2D eigenvalue weighted by Crippen LogP contribution is -2.70. The van der Waals surface area contributed by atoms with E-state index in [2.05, 4.69) is 5.32 Å². The zero-order valence-electron chi connectivity index (χ0n) is 10.8. The minimum atomic E-state index is -0.412. The molecule has 96 valence electrons. The molecule has 0 radical (unpaired) electrons. The Hall–Kier alpha value is -0.610. The first-order valence-electron chi connectivity index (χ1n) is 6.49. The fourth-order valence-electron chi connectivity index (χ4n) is 3.47. The van der Waals surface area contributed by atoms with E-state index in [4.69, 9.17) is 9.47 Å². The topological polar surface area (TPSA) is 47.6 Å². The van der Waals surface area contributed by atoms with Gasteiger partial charge in [0.15, 0.2) is 0 Å². The highest BCUT2D eigenvalue weighted by Crippen LogP contribution is 2.59. The van der Waals surface area contributed by atoms with Crippen molar-refractivity contribution in [2.45, 2.75) is 57.3 Å². The standard InChI is InChI=1S/C13H21NO3/c1-11(2,3)17-10(15)12-5-4-9(6-12)16-13(12)7-14-8-13/h9,14H,4-8H2,1-3H3. The Morgan fingerprint density at radius 1 is 1.41 bits per heavy atom. The molecule has 0 aromatic heterocycles. The van der Waals surface area contributed by atoms with Crippen molar-refractivity contribution in [3.8, 4) is 0 Å². The van der Waals surface area contributed by atoms with E-state index >= 15 is 0 Å². The molecule has 3 fully saturated rings. The third-order valence-electron chi connectivity index (χ3n) is 4.34. The Morgan fingerprint density at radius 3 is 2.59 bits per heavy atom. The van der Waals surface area contributed by atoms with E-state index in [-0.39, 0.29) is 23.1 Å². The summed E-state index contributed by atoms with van der Waals surface area (Å²) in [5.74, 6) is -0.0495. The Labute approximate surface area is 102 Å². The van der Waals surface area contributed by atoms with Gasteiger partial charge in [-0.1, -0.05) is 0 Å². The molecule has 3 rings (SSSR count). The van der Waals surface area contributed by atoms with Gasteiger partial charge in [0.25, 0.3) is 0 Å². The molecule has 4 heteroatoms. The highest BCUT2D eigenvalue weighted by atomic mass is 16.6. The summed E-state index contributed by atoms with van der Waals surface area (Å²) < 4.78 is 11.7. The van der Waals surface area contributed by atoms with Crippen molar-refractivity contribution >= 4 is 5.97 Å². The van der Waals surface area contributed by atoms with Crippen molar-refractivity contribution in [1.29, 1.82) is 0 Å². The van der Waals surface area contributed by atoms with Crippen LogP contribution in [0.15, 0.2) is 0 Å². The van der Waals surface area contributed by atoms with E-state index < -0.39 is 5.60 Å². The normalized spacial score (nSPS) is 38.2. The summed E-state index contributed by atoms with van der Waals surface area (Å²) >= 11 is 0. The van der Waals surface area contributed by atoms with Crippen molar-refractivity contribution in [3.05, 3.63) is 0 Å². The minimum Gasteiger partial charge on any atom is -0.459 e. The molecule has 2 atom stereocenters. The van der Waals surface area contributed by atoms with Crippen LogP contribution in [0.2, 0.25) is 0 Å². The number of carbonyl (C=O) groups excluding carboxylic acids is 1. The smallest absolute Gasteiger partial charge is 0.315 e. The fraction of sp³-hybridized carbons (Fsp3) is 0.923. The van der Waals surface area contributed by atoms with E-state index in [1.165, 1.54) is 0 Å². The second-order valence-electron chi connectivity index (χ2n) is 6.66. The summed E-state index contributed by atoms with van der Waals surface area (Å²) in [5.41, 5.74) is -1.06. The Bertz CT molecular complexity index is 356. The number of hydrogen-bond donors (Lipinski definition) is 1. The van der Waals surface area contributed by atoms with Gasteiger partial charge in [0.1, 0.15) is 16.6 Å². The van der Waals surface area contributed by atoms with E-state index in [9.17, 15) is 4.79 Å². The molecule has 1 N–H and O–H groups in total. The quantitative estimate of drug-likeness (QED) is 0.699. The van der Waals surface area contributed by atoms with Crippen LogP contribution in [0.1, 0.15) is 40.0 Å². The van der Waals surface area contributed by atoms with Crippen LogP contribution in [-0.4, -0.2) is 36.4 Å². The first kappa shape index (κ1) is 11.5. The van der Waals surface area contributed by atoms with E-state index in [1.807, 2.05) is 20.8 Å². The van der Waals surface area contributed by atoms with Gasteiger partial charge < -0.3 is 14.8 Å². The molecule has 0 aromatic rings. The molecule has 0 aromatic carbocycles. The van der Waals surface area contributed by atoms with Gasteiger partial charge in [-0.3, -0.25) is 4.79 Å².